The molecule has 1 aromatic rings. The van der Waals surface area contributed by atoms with E-state index in [4.69, 9.17) is 9.47 Å². The van der Waals surface area contributed by atoms with Crippen LogP contribution in [0.25, 0.3) is 0 Å². The van der Waals surface area contributed by atoms with Crippen molar-refractivity contribution < 1.29 is 14.3 Å². The van der Waals surface area contributed by atoms with Crippen LogP contribution in [0.5, 0.6) is 0 Å². The van der Waals surface area contributed by atoms with Gasteiger partial charge in [0.2, 0.25) is 0 Å². The van der Waals surface area contributed by atoms with Gasteiger partial charge in [-0.25, -0.2) is 4.79 Å². The van der Waals surface area contributed by atoms with Gasteiger partial charge in [0.25, 0.3) is 0 Å². The first-order valence-electron chi connectivity index (χ1n) is 6.39. The number of hydrogen-bond acceptors (Lipinski definition) is 4. The van der Waals surface area contributed by atoms with Crippen molar-refractivity contribution in [2.45, 2.75) is 19.4 Å². The molecular formula is C14H19NO3. The van der Waals surface area contributed by atoms with Crippen LogP contribution in [0.1, 0.15) is 18.4 Å². The second kappa shape index (κ2) is 7.01. The van der Waals surface area contributed by atoms with Crippen LogP contribution in [0.4, 0.5) is 4.79 Å². The summed E-state index contributed by atoms with van der Waals surface area (Å²) in [5, 5.41) is 3.28. The quantitative estimate of drug-likeness (QED) is 0.832. The fraction of sp³-hybridized carbons (Fsp3) is 0.500. The lowest BCUT2D eigenvalue weighted by molar-refractivity contribution is 0.0366. The Balaban J connectivity index is 1.63. The zero-order valence-electron chi connectivity index (χ0n) is 10.4. The number of carbonyl (C=O) groups excluding carboxylic acids is 1. The van der Waals surface area contributed by atoms with Gasteiger partial charge in [-0.2, -0.15) is 0 Å². The van der Waals surface area contributed by atoms with Crippen LogP contribution in [0.3, 0.4) is 0 Å². The van der Waals surface area contributed by atoms with Gasteiger partial charge in [0.05, 0.1) is 6.61 Å². The van der Waals surface area contributed by atoms with Crippen molar-refractivity contribution in [1.29, 1.82) is 0 Å². The van der Waals surface area contributed by atoms with Gasteiger partial charge >= 0.3 is 6.16 Å². The van der Waals surface area contributed by atoms with E-state index >= 15 is 0 Å². The van der Waals surface area contributed by atoms with Crippen molar-refractivity contribution in [2.75, 3.05) is 19.7 Å². The van der Waals surface area contributed by atoms with Crippen LogP contribution < -0.4 is 5.32 Å². The van der Waals surface area contributed by atoms with Crippen molar-refractivity contribution in [3.8, 4) is 0 Å². The molecular weight excluding hydrogens is 230 g/mol. The fourth-order valence-electron chi connectivity index (χ4n) is 2.01. The Bertz CT molecular complexity index is 361. The Labute approximate surface area is 107 Å². The Kier molecular flexibility index (Phi) is 5.02. The lowest BCUT2D eigenvalue weighted by atomic mass is 10.0. The third-order valence-electron chi connectivity index (χ3n) is 3.04. The maximum absolute atomic E-state index is 11.4. The van der Waals surface area contributed by atoms with Gasteiger partial charge in [0.15, 0.2) is 0 Å². The summed E-state index contributed by atoms with van der Waals surface area (Å²) < 4.78 is 10.1. The van der Waals surface area contributed by atoms with Crippen LogP contribution in [0, 0.1) is 5.92 Å². The molecule has 2 rings (SSSR count). The molecule has 0 saturated carbocycles. The van der Waals surface area contributed by atoms with E-state index in [1.54, 1.807) is 0 Å². The number of carbonyl (C=O) groups is 1. The van der Waals surface area contributed by atoms with E-state index in [1.165, 1.54) is 0 Å². The molecule has 0 aromatic heterocycles. The number of rotatable bonds is 4. The Morgan fingerprint density at radius 2 is 2.11 bits per heavy atom. The van der Waals surface area contributed by atoms with E-state index < -0.39 is 6.16 Å². The molecule has 0 aliphatic carbocycles. The summed E-state index contributed by atoms with van der Waals surface area (Å²) in [5.41, 5.74) is 0.966. The minimum absolute atomic E-state index is 0.266. The predicted molar refractivity (Wildman–Crippen MR) is 68.2 cm³/mol. The van der Waals surface area contributed by atoms with Crippen LogP contribution in [0.15, 0.2) is 30.3 Å². The summed E-state index contributed by atoms with van der Waals surface area (Å²) in [6.45, 7) is 2.70. The zero-order valence-corrected chi connectivity index (χ0v) is 10.4. The van der Waals surface area contributed by atoms with E-state index in [0.29, 0.717) is 12.5 Å². The van der Waals surface area contributed by atoms with E-state index in [9.17, 15) is 4.79 Å². The fourth-order valence-corrected chi connectivity index (χ4v) is 2.01. The lowest BCUT2D eigenvalue weighted by Crippen LogP contribution is -2.32. The smallest absolute Gasteiger partial charge is 0.434 e. The summed E-state index contributed by atoms with van der Waals surface area (Å²) in [4.78, 5) is 11.4. The molecule has 1 unspecified atom stereocenters. The monoisotopic (exact) mass is 249 g/mol. The highest BCUT2D eigenvalue weighted by molar-refractivity contribution is 5.59. The summed E-state index contributed by atoms with van der Waals surface area (Å²) in [6.07, 6.45) is 1.68. The summed E-state index contributed by atoms with van der Waals surface area (Å²) in [6, 6.07) is 9.59. The zero-order chi connectivity index (χ0) is 12.6. The van der Waals surface area contributed by atoms with E-state index in [-0.39, 0.29) is 6.61 Å². The predicted octanol–water partition coefficient (Wildman–Crippen LogP) is 2.34. The molecule has 4 nitrogen and oxygen atoms in total. The highest BCUT2D eigenvalue weighted by Gasteiger charge is 2.15. The highest BCUT2D eigenvalue weighted by atomic mass is 16.7. The summed E-state index contributed by atoms with van der Waals surface area (Å²) >= 11 is 0. The molecule has 1 aliphatic rings. The van der Waals surface area contributed by atoms with Gasteiger partial charge in [-0.1, -0.05) is 30.3 Å². The topological polar surface area (TPSA) is 47.6 Å². The van der Waals surface area contributed by atoms with Crippen molar-refractivity contribution in [1.82, 2.24) is 5.32 Å². The number of nitrogens with one attached hydrogen (secondary N) is 1. The van der Waals surface area contributed by atoms with Crippen molar-refractivity contribution in [2.24, 2.45) is 5.92 Å². The minimum atomic E-state index is -0.579. The number of piperidine rings is 1. The molecule has 18 heavy (non-hydrogen) atoms. The first kappa shape index (κ1) is 12.9. The second-order valence-corrected chi connectivity index (χ2v) is 4.55. The Morgan fingerprint density at radius 3 is 2.83 bits per heavy atom. The number of hydrogen-bond donors (Lipinski definition) is 1. The van der Waals surface area contributed by atoms with Crippen molar-refractivity contribution in [3.63, 3.8) is 0 Å². The SMILES string of the molecule is O=C(OCc1ccccc1)OCC1CCCNC1. The van der Waals surface area contributed by atoms with Gasteiger partial charge < -0.3 is 14.8 Å². The van der Waals surface area contributed by atoms with Gasteiger partial charge in [0.1, 0.15) is 6.61 Å². The molecule has 0 radical (unpaired) electrons. The largest absolute Gasteiger partial charge is 0.508 e. The molecule has 1 fully saturated rings. The van der Waals surface area contributed by atoms with Gasteiger partial charge in [-0.3, -0.25) is 0 Å². The van der Waals surface area contributed by atoms with E-state index in [0.717, 1.165) is 31.5 Å². The van der Waals surface area contributed by atoms with Gasteiger partial charge in [0, 0.05) is 12.5 Å². The summed E-state index contributed by atoms with van der Waals surface area (Å²) in [7, 11) is 0. The third kappa shape index (κ3) is 4.37. The standard InChI is InChI=1S/C14H19NO3/c16-14(17-10-12-5-2-1-3-6-12)18-11-13-7-4-8-15-9-13/h1-3,5-6,13,15H,4,7-11H2. The first-order chi connectivity index (χ1) is 8.84. The molecule has 1 atom stereocenters. The average Bonchev–Trinajstić information content (AvgIpc) is 2.45. The first-order valence-corrected chi connectivity index (χ1v) is 6.39. The van der Waals surface area contributed by atoms with Crippen molar-refractivity contribution in [3.05, 3.63) is 35.9 Å². The molecule has 1 N–H and O–H groups in total. The van der Waals surface area contributed by atoms with E-state index in [2.05, 4.69) is 5.32 Å². The molecule has 1 aromatic carbocycles. The number of ether oxygens (including phenoxy) is 2. The lowest BCUT2D eigenvalue weighted by Gasteiger charge is -2.21. The van der Waals surface area contributed by atoms with Gasteiger partial charge in [-0.05, 0) is 24.9 Å². The Morgan fingerprint density at radius 1 is 1.28 bits per heavy atom. The number of benzene rings is 1. The molecule has 98 valence electrons. The second-order valence-electron chi connectivity index (χ2n) is 4.55. The maximum atomic E-state index is 11.4. The van der Waals surface area contributed by atoms with Crippen LogP contribution in [-0.2, 0) is 16.1 Å². The summed E-state index contributed by atoms with van der Waals surface area (Å²) in [5.74, 6) is 0.419. The molecule has 0 bridgehead atoms. The normalized spacial score (nSPS) is 19.2. The molecule has 0 amide bonds. The van der Waals surface area contributed by atoms with Gasteiger partial charge in [-0.15, -0.1) is 0 Å². The van der Waals surface area contributed by atoms with Crippen LogP contribution in [0.2, 0.25) is 0 Å². The van der Waals surface area contributed by atoms with E-state index in [1.807, 2.05) is 30.3 Å². The maximum Gasteiger partial charge on any atom is 0.508 e. The third-order valence-corrected chi connectivity index (χ3v) is 3.04. The molecule has 4 heteroatoms. The Hall–Kier alpha value is -1.55. The average molecular weight is 249 g/mol. The minimum Gasteiger partial charge on any atom is -0.434 e. The van der Waals surface area contributed by atoms with Crippen molar-refractivity contribution >= 4 is 6.16 Å². The van der Waals surface area contributed by atoms with Crippen LogP contribution >= 0.6 is 0 Å². The molecule has 1 aliphatic heterocycles. The van der Waals surface area contributed by atoms with Crippen LogP contribution in [-0.4, -0.2) is 25.9 Å². The molecule has 1 saturated heterocycles. The molecule has 1 heterocycles. The molecule has 0 spiro atoms. The highest BCUT2D eigenvalue weighted by Crippen LogP contribution is 2.10.